The quantitative estimate of drug-likeness (QED) is 0.420. The molecule has 1 aliphatic carbocycles. The number of hydrogen-bond donors (Lipinski definition) is 1. The zero-order chi connectivity index (χ0) is 20.9. The van der Waals surface area contributed by atoms with E-state index in [0.717, 1.165) is 63.7 Å². The minimum absolute atomic E-state index is 0.0422. The van der Waals surface area contributed by atoms with E-state index in [-0.39, 0.29) is 11.6 Å². The Morgan fingerprint density at radius 1 is 1.17 bits per heavy atom. The molecule has 4 aromatic rings. The highest BCUT2D eigenvalue weighted by Gasteiger charge is 2.35. The highest BCUT2D eigenvalue weighted by molar-refractivity contribution is 7.16. The van der Waals surface area contributed by atoms with Gasteiger partial charge in [-0.15, -0.1) is 11.3 Å². The van der Waals surface area contributed by atoms with Crippen LogP contribution in [0.5, 0.6) is 0 Å². The minimum Gasteiger partial charge on any atom is -0.321 e. The van der Waals surface area contributed by atoms with E-state index >= 15 is 0 Å². The number of nitrogens with zero attached hydrogens (tertiary/aromatic N) is 3. The zero-order valence-corrected chi connectivity index (χ0v) is 16.9. The van der Waals surface area contributed by atoms with Gasteiger partial charge in [0, 0.05) is 23.0 Å². The largest absolute Gasteiger partial charge is 0.433 e. The number of rotatable bonds is 4. The van der Waals surface area contributed by atoms with Crippen LogP contribution in [0.4, 0.5) is 18.9 Å². The van der Waals surface area contributed by atoms with Crippen molar-refractivity contribution in [2.75, 3.05) is 5.32 Å². The van der Waals surface area contributed by atoms with E-state index in [1.807, 2.05) is 18.2 Å². The number of nitrogens with one attached hydrogen (secondary N) is 1. The Kier molecular flexibility index (Phi) is 4.55. The second kappa shape index (κ2) is 7.13. The molecule has 1 N–H and O–H groups in total. The number of fused-ring (bicyclic) bond motifs is 1. The number of hydrogen-bond acceptors (Lipinski definition) is 6. The maximum atomic E-state index is 12.9. The maximum Gasteiger partial charge on any atom is 0.433 e. The first-order valence-corrected chi connectivity index (χ1v) is 10.7. The monoisotopic (exact) mass is 446 g/mol. The van der Waals surface area contributed by atoms with Gasteiger partial charge in [-0.2, -0.15) is 17.5 Å². The van der Waals surface area contributed by atoms with Gasteiger partial charge in [-0.1, -0.05) is 12.1 Å². The van der Waals surface area contributed by atoms with E-state index in [9.17, 15) is 18.0 Å². The number of alkyl halides is 3. The summed E-state index contributed by atoms with van der Waals surface area (Å²) in [6, 6.07) is 8.01. The second-order valence-electron chi connectivity index (χ2n) is 6.93. The molecule has 5 rings (SSSR count). The molecule has 1 saturated carbocycles. The van der Waals surface area contributed by atoms with E-state index in [4.69, 9.17) is 0 Å². The Morgan fingerprint density at radius 2 is 2.00 bits per heavy atom. The summed E-state index contributed by atoms with van der Waals surface area (Å²) in [6.45, 7) is 0. The number of pyridine rings is 1. The van der Waals surface area contributed by atoms with Crippen molar-refractivity contribution < 1.29 is 18.0 Å². The average molecular weight is 446 g/mol. The molecule has 0 radical (unpaired) electrons. The summed E-state index contributed by atoms with van der Waals surface area (Å²) in [4.78, 5) is 21.1. The SMILES string of the molecule is O=C(Nc1ccnc(C(F)(F)F)c1)c1snc(-c2cccc3scnc23)c1C1CC1. The van der Waals surface area contributed by atoms with Gasteiger partial charge in [0.25, 0.3) is 5.91 Å². The van der Waals surface area contributed by atoms with Crippen LogP contribution < -0.4 is 5.32 Å². The summed E-state index contributed by atoms with van der Waals surface area (Å²) in [5.41, 5.74) is 4.05. The molecule has 0 spiro atoms. The zero-order valence-electron chi connectivity index (χ0n) is 15.2. The van der Waals surface area contributed by atoms with Gasteiger partial charge in [-0.3, -0.25) is 9.78 Å². The van der Waals surface area contributed by atoms with E-state index in [2.05, 4.69) is 19.7 Å². The third-order valence-corrected chi connectivity index (χ3v) is 6.50. The molecule has 1 aromatic carbocycles. The van der Waals surface area contributed by atoms with Crippen LogP contribution in [-0.2, 0) is 6.18 Å². The molecule has 0 aliphatic heterocycles. The van der Waals surface area contributed by atoms with Gasteiger partial charge in [-0.25, -0.2) is 4.98 Å². The summed E-state index contributed by atoms with van der Waals surface area (Å²) < 4.78 is 44.3. The first-order chi connectivity index (χ1) is 14.4. The standard InChI is InChI=1S/C20H13F3N4OS2/c21-20(22,23)14-8-11(6-7-24-14)26-19(28)18-15(10-4-5-10)17(27-30-18)12-2-1-3-13-16(12)25-9-29-13/h1-3,6-10H,4-5H2,(H,24,26,28). The van der Waals surface area contributed by atoms with Crippen molar-refractivity contribution in [3.05, 3.63) is 58.2 Å². The highest BCUT2D eigenvalue weighted by Crippen LogP contribution is 2.48. The molecule has 3 aromatic heterocycles. The van der Waals surface area contributed by atoms with Gasteiger partial charge >= 0.3 is 6.18 Å². The van der Waals surface area contributed by atoms with Crippen LogP contribution in [-0.4, -0.2) is 20.2 Å². The van der Waals surface area contributed by atoms with E-state index in [0.29, 0.717) is 4.88 Å². The van der Waals surface area contributed by atoms with Gasteiger partial charge in [-0.05, 0) is 48.5 Å². The van der Waals surface area contributed by atoms with Crippen LogP contribution in [0.2, 0.25) is 0 Å². The molecule has 1 amide bonds. The van der Waals surface area contributed by atoms with E-state index < -0.39 is 17.8 Å². The lowest BCUT2D eigenvalue weighted by Crippen LogP contribution is -2.14. The number of halogens is 3. The molecule has 5 nitrogen and oxygen atoms in total. The lowest BCUT2D eigenvalue weighted by molar-refractivity contribution is -0.141. The Morgan fingerprint density at radius 3 is 2.77 bits per heavy atom. The molecule has 0 bridgehead atoms. The number of carbonyl (C=O) groups excluding carboxylic acids is 1. The predicted octanol–water partition coefficient (Wildman–Crippen LogP) is 5.96. The van der Waals surface area contributed by atoms with Crippen molar-refractivity contribution in [2.45, 2.75) is 24.9 Å². The summed E-state index contributed by atoms with van der Waals surface area (Å²) in [5, 5.41) is 2.57. The number of aromatic nitrogens is 3. The van der Waals surface area contributed by atoms with Crippen molar-refractivity contribution in [3.63, 3.8) is 0 Å². The molecule has 0 saturated heterocycles. The van der Waals surface area contributed by atoms with Crippen LogP contribution in [0.15, 0.2) is 42.0 Å². The number of amides is 1. The summed E-state index contributed by atoms with van der Waals surface area (Å²) in [5.74, 6) is -0.248. The van der Waals surface area contributed by atoms with Gasteiger partial charge in [0.2, 0.25) is 0 Å². The molecular weight excluding hydrogens is 433 g/mol. The topological polar surface area (TPSA) is 67.8 Å². The summed E-state index contributed by atoms with van der Waals surface area (Å²) in [7, 11) is 0. The Bertz CT molecular complexity index is 1260. The summed E-state index contributed by atoms with van der Waals surface area (Å²) >= 11 is 2.59. The Balaban J connectivity index is 1.52. The fourth-order valence-corrected chi connectivity index (χ4v) is 4.91. The predicted molar refractivity (Wildman–Crippen MR) is 110 cm³/mol. The first-order valence-electron chi connectivity index (χ1n) is 9.08. The van der Waals surface area contributed by atoms with Crippen LogP contribution in [0.1, 0.15) is 39.7 Å². The van der Waals surface area contributed by atoms with E-state index in [1.165, 1.54) is 17.4 Å². The van der Waals surface area contributed by atoms with Crippen LogP contribution >= 0.6 is 22.9 Å². The molecular formula is C20H13F3N4OS2. The van der Waals surface area contributed by atoms with E-state index in [1.54, 1.807) is 5.51 Å². The molecule has 30 heavy (non-hydrogen) atoms. The maximum absolute atomic E-state index is 12.9. The average Bonchev–Trinajstić information content (AvgIpc) is 3.26. The number of benzene rings is 1. The van der Waals surface area contributed by atoms with Gasteiger partial charge in [0.1, 0.15) is 10.6 Å². The fourth-order valence-electron chi connectivity index (χ4n) is 3.33. The Hall–Kier alpha value is -2.85. The smallest absolute Gasteiger partial charge is 0.321 e. The molecule has 3 heterocycles. The van der Waals surface area contributed by atoms with Gasteiger partial charge in [0.15, 0.2) is 0 Å². The van der Waals surface area contributed by atoms with Gasteiger partial charge in [0.05, 0.1) is 21.4 Å². The molecule has 10 heteroatoms. The van der Waals surface area contributed by atoms with Crippen molar-refractivity contribution in [1.29, 1.82) is 0 Å². The fraction of sp³-hybridized carbons (Fsp3) is 0.200. The van der Waals surface area contributed by atoms with Crippen molar-refractivity contribution in [2.24, 2.45) is 0 Å². The highest BCUT2D eigenvalue weighted by atomic mass is 32.1. The molecule has 1 aliphatic rings. The first kappa shape index (κ1) is 19.1. The Labute approximate surface area is 176 Å². The molecule has 0 unspecified atom stereocenters. The molecule has 152 valence electrons. The van der Waals surface area contributed by atoms with Crippen LogP contribution in [0, 0.1) is 0 Å². The van der Waals surface area contributed by atoms with Crippen molar-refractivity contribution in [3.8, 4) is 11.3 Å². The third kappa shape index (κ3) is 3.46. The van der Waals surface area contributed by atoms with Crippen LogP contribution in [0.3, 0.4) is 0 Å². The number of para-hydroxylation sites is 1. The number of carbonyl (C=O) groups is 1. The van der Waals surface area contributed by atoms with Crippen molar-refractivity contribution in [1.82, 2.24) is 14.3 Å². The van der Waals surface area contributed by atoms with Crippen molar-refractivity contribution >= 4 is 44.7 Å². The van der Waals surface area contributed by atoms with Crippen LogP contribution in [0.25, 0.3) is 21.5 Å². The third-order valence-electron chi connectivity index (χ3n) is 4.84. The lowest BCUT2D eigenvalue weighted by atomic mass is 10.0. The second-order valence-corrected chi connectivity index (χ2v) is 8.59. The summed E-state index contributed by atoms with van der Waals surface area (Å²) in [6.07, 6.45) is -1.65. The number of thiazole rings is 1. The number of anilines is 1. The lowest BCUT2D eigenvalue weighted by Gasteiger charge is -2.09. The minimum atomic E-state index is -4.58. The molecule has 1 fully saturated rings. The molecule has 0 atom stereocenters. The normalized spacial score (nSPS) is 14.2. The van der Waals surface area contributed by atoms with Gasteiger partial charge < -0.3 is 5.32 Å².